The Bertz CT molecular complexity index is 1110. The van der Waals surface area contributed by atoms with E-state index in [4.69, 9.17) is 14.2 Å². The second kappa shape index (κ2) is 13.9. The number of hydrogen-bond acceptors (Lipinski definition) is 7. The molecule has 0 bridgehead atoms. The van der Waals surface area contributed by atoms with Crippen LogP contribution in [0.3, 0.4) is 0 Å². The number of allylic oxidation sites excluding steroid dienone is 5. The predicted molar refractivity (Wildman–Crippen MR) is 140 cm³/mol. The second-order valence-electron chi connectivity index (χ2n) is 8.64. The first-order valence-corrected chi connectivity index (χ1v) is 13.4. The maximum atomic E-state index is 12.4. The van der Waals surface area contributed by atoms with E-state index < -0.39 is 0 Å². The van der Waals surface area contributed by atoms with Crippen LogP contribution in [0.1, 0.15) is 43.5 Å². The number of thioether (sulfide) groups is 1. The molecule has 9 heteroatoms. The van der Waals surface area contributed by atoms with Crippen LogP contribution in [0, 0.1) is 0 Å². The third kappa shape index (κ3) is 7.73. The van der Waals surface area contributed by atoms with Crippen LogP contribution in [-0.2, 0) is 29.0 Å². The number of hydrogen-bond donors (Lipinski definition) is 1. The minimum Gasteiger partial charge on any atom is -0.454 e. The standard InChI is InChI=1S/C27H34N4O4S/c1-33-16-7-15-31-25(29-30-27(31)36-17-6-10-21-8-3-2-4-9-21)11-5-12-26(32)28-19-22-13-14-23-24(18-22)35-20-34-23/h2-3,6,8,10,13-14,18H,4-5,7,9,11-12,15-17,19-20H2,1H3,(H,28,32)/b10-6+. The zero-order valence-corrected chi connectivity index (χ0v) is 21.6. The quantitative estimate of drug-likeness (QED) is 0.293. The van der Waals surface area contributed by atoms with E-state index >= 15 is 0 Å². The molecule has 1 aromatic heterocycles. The Labute approximate surface area is 216 Å². The summed E-state index contributed by atoms with van der Waals surface area (Å²) in [6.45, 7) is 2.19. The van der Waals surface area contributed by atoms with E-state index in [1.807, 2.05) is 18.2 Å². The number of methoxy groups -OCH3 is 1. The second-order valence-corrected chi connectivity index (χ2v) is 9.62. The summed E-state index contributed by atoms with van der Waals surface area (Å²) in [6.07, 6.45) is 15.8. The van der Waals surface area contributed by atoms with Crippen molar-refractivity contribution in [3.63, 3.8) is 0 Å². The van der Waals surface area contributed by atoms with Gasteiger partial charge < -0.3 is 24.1 Å². The van der Waals surface area contributed by atoms with Gasteiger partial charge in [-0.15, -0.1) is 10.2 Å². The van der Waals surface area contributed by atoms with E-state index in [9.17, 15) is 4.79 Å². The number of nitrogens with zero attached hydrogens (tertiary/aromatic N) is 3. The lowest BCUT2D eigenvalue weighted by Crippen LogP contribution is -2.22. The van der Waals surface area contributed by atoms with Gasteiger partial charge in [0.25, 0.3) is 0 Å². The maximum absolute atomic E-state index is 12.4. The largest absolute Gasteiger partial charge is 0.454 e. The van der Waals surface area contributed by atoms with E-state index in [2.05, 4.69) is 50.5 Å². The Hall–Kier alpha value is -3.04. The summed E-state index contributed by atoms with van der Waals surface area (Å²) in [6, 6.07) is 5.71. The monoisotopic (exact) mass is 510 g/mol. The van der Waals surface area contributed by atoms with Crippen LogP contribution in [0.2, 0.25) is 0 Å². The van der Waals surface area contributed by atoms with E-state index in [0.29, 0.717) is 32.4 Å². The fraction of sp³-hybridized carbons (Fsp3) is 0.444. The molecule has 192 valence electrons. The van der Waals surface area contributed by atoms with E-state index in [-0.39, 0.29) is 12.7 Å². The van der Waals surface area contributed by atoms with Crippen molar-refractivity contribution in [2.75, 3.05) is 26.3 Å². The summed E-state index contributed by atoms with van der Waals surface area (Å²) in [5, 5.41) is 12.8. The van der Waals surface area contributed by atoms with Crippen LogP contribution in [0.4, 0.5) is 0 Å². The Kier molecular flexibility index (Phi) is 10.0. The topological polar surface area (TPSA) is 87.5 Å². The van der Waals surface area contributed by atoms with Crippen LogP contribution < -0.4 is 14.8 Å². The van der Waals surface area contributed by atoms with Gasteiger partial charge in [0.05, 0.1) is 0 Å². The van der Waals surface area contributed by atoms with Gasteiger partial charge >= 0.3 is 0 Å². The molecule has 0 fully saturated rings. The maximum Gasteiger partial charge on any atom is 0.231 e. The number of fused-ring (bicyclic) bond motifs is 1. The summed E-state index contributed by atoms with van der Waals surface area (Å²) >= 11 is 1.69. The van der Waals surface area contributed by atoms with Gasteiger partial charge in [-0.1, -0.05) is 48.2 Å². The SMILES string of the molecule is COCCCn1c(CCCC(=O)NCc2ccc3c(c2)OCO3)nnc1SC/C=C/C1=CC=CCC1. The predicted octanol–water partition coefficient (Wildman–Crippen LogP) is 4.61. The van der Waals surface area contributed by atoms with Gasteiger partial charge in [0.15, 0.2) is 16.7 Å². The van der Waals surface area contributed by atoms with E-state index in [1.165, 1.54) is 5.57 Å². The Morgan fingerprint density at radius 2 is 2.17 bits per heavy atom. The minimum absolute atomic E-state index is 0.0183. The number of carbonyl (C=O) groups excluding carboxylic acids is 1. The molecule has 1 amide bonds. The molecule has 1 N–H and O–H groups in total. The molecule has 0 atom stereocenters. The highest BCUT2D eigenvalue weighted by Gasteiger charge is 2.15. The highest BCUT2D eigenvalue weighted by atomic mass is 32.2. The molecule has 1 aliphatic heterocycles. The average Bonchev–Trinajstić information content (AvgIpc) is 3.53. The number of benzene rings is 1. The van der Waals surface area contributed by atoms with Crippen molar-refractivity contribution in [3.8, 4) is 11.5 Å². The van der Waals surface area contributed by atoms with Gasteiger partial charge in [-0.2, -0.15) is 0 Å². The number of aryl methyl sites for hydroxylation is 1. The zero-order valence-electron chi connectivity index (χ0n) is 20.8. The number of ether oxygens (including phenoxy) is 3. The van der Waals surface area contributed by atoms with Crippen molar-refractivity contribution < 1.29 is 19.0 Å². The molecule has 8 nitrogen and oxygen atoms in total. The third-order valence-electron chi connectivity index (χ3n) is 5.94. The molecule has 0 saturated carbocycles. The van der Waals surface area contributed by atoms with Crippen molar-refractivity contribution >= 4 is 17.7 Å². The van der Waals surface area contributed by atoms with Gasteiger partial charge in [-0.05, 0) is 49.0 Å². The van der Waals surface area contributed by atoms with E-state index in [1.54, 1.807) is 18.9 Å². The fourth-order valence-corrected chi connectivity index (χ4v) is 4.82. The van der Waals surface area contributed by atoms with Gasteiger partial charge in [0, 0.05) is 45.4 Å². The van der Waals surface area contributed by atoms with Crippen molar-refractivity contribution in [1.82, 2.24) is 20.1 Å². The first-order chi connectivity index (χ1) is 17.7. The van der Waals surface area contributed by atoms with Crippen LogP contribution >= 0.6 is 11.8 Å². The third-order valence-corrected chi connectivity index (χ3v) is 6.86. The van der Waals surface area contributed by atoms with Crippen LogP contribution in [0.25, 0.3) is 0 Å². The van der Waals surface area contributed by atoms with Gasteiger partial charge in [0.1, 0.15) is 5.82 Å². The number of rotatable bonds is 14. The lowest BCUT2D eigenvalue weighted by atomic mass is 10.1. The molecule has 2 aliphatic rings. The Balaban J connectivity index is 1.24. The summed E-state index contributed by atoms with van der Waals surface area (Å²) in [7, 11) is 1.71. The highest BCUT2D eigenvalue weighted by Crippen LogP contribution is 2.32. The molecule has 0 saturated heterocycles. The summed E-state index contributed by atoms with van der Waals surface area (Å²) in [5.41, 5.74) is 2.34. The molecule has 1 aromatic carbocycles. The molecule has 0 radical (unpaired) electrons. The fourth-order valence-electron chi connectivity index (χ4n) is 4.03. The molecular weight excluding hydrogens is 476 g/mol. The van der Waals surface area contributed by atoms with Crippen LogP contribution in [0.15, 0.2) is 59.3 Å². The van der Waals surface area contributed by atoms with Crippen molar-refractivity contribution in [3.05, 3.63) is 65.5 Å². The van der Waals surface area contributed by atoms with Crippen molar-refractivity contribution in [2.24, 2.45) is 0 Å². The molecule has 0 spiro atoms. The molecule has 0 unspecified atom stereocenters. The molecule has 2 aromatic rings. The average molecular weight is 511 g/mol. The van der Waals surface area contributed by atoms with Crippen molar-refractivity contribution in [1.29, 1.82) is 0 Å². The molecular formula is C27H34N4O4S. The summed E-state index contributed by atoms with van der Waals surface area (Å²) < 4.78 is 18.1. The highest BCUT2D eigenvalue weighted by molar-refractivity contribution is 7.99. The lowest BCUT2D eigenvalue weighted by molar-refractivity contribution is -0.121. The normalized spacial score (nSPS) is 14.4. The number of amides is 1. The Morgan fingerprint density at radius 1 is 1.25 bits per heavy atom. The molecule has 4 rings (SSSR count). The number of aromatic nitrogens is 3. The summed E-state index contributed by atoms with van der Waals surface area (Å²) in [5.74, 6) is 3.24. The molecule has 2 heterocycles. The summed E-state index contributed by atoms with van der Waals surface area (Å²) in [4.78, 5) is 12.4. The minimum atomic E-state index is 0.0183. The zero-order chi connectivity index (χ0) is 25.0. The molecule has 36 heavy (non-hydrogen) atoms. The number of nitrogens with one attached hydrogen (secondary N) is 1. The van der Waals surface area contributed by atoms with Crippen molar-refractivity contribution in [2.45, 2.75) is 56.8 Å². The van der Waals surface area contributed by atoms with Gasteiger partial charge in [0.2, 0.25) is 12.7 Å². The first kappa shape index (κ1) is 26.0. The van der Waals surface area contributed by atoms with Gasteiger partial charge in [-0.3, -0.25) is 4.79 Å². The molecule has 1 aliphatic carbocycles. The van der Waals surface area contributed by atoms with Crippen LogP contribution in [-0.4, -0.2) is 46.9 Å². The Morgan fingerprint density at radius 3 is 3.03 bits per heavy atom. The van der Waals surface area contributed by atoms with Crippen LogP contribution in [0.5, 0.6) is 11.5 Å². The lowest BCUT2D eigenvalue weighted by Gasteiger charge is -2.10. The van der Waals surface area contributed by atoms with E-state index in [0.717, 1.165) is 59.6 Å². The number of carbonyl (C=O) groups is 1. The smallest absolute Gasteiger partial charge is 0.231 e. The van der Waals surface area contributed by atoms with Gasteiger partial charge in [-0.25, -0.2) is 0 Å². The first-order valence-electron chi connectivity index (χ1n) is 12.4.